The molecule has 26 heavy (non-hydrogen) atoms. The average molecular weight is 344 g/mol. The van der Waals surface area contributed by atoms with Crippen molar-refractivity contribution in [3.63, 3.8) is 0 Å². The molecule has 0 aliphatic heterocycles. The number of nitrogens with zero attached hydrogens (tertiary/aromatic N) is 5. The summed E-state index contributed by atoms with van der Waals surface area (Å²) in [4.78, 5) is 17.5. The van der Waals surface area contributed by atoms with Crippen molar-refractivity contribution in [2.75, 3.05) is 5.32 Å². The van der Waals surface area contributed by atoms with Crippen molar-refractivity contribution in [1.82, 2.24) is 24.5 Å². The molecular weight excluding hydrogens is 324 g/mol. The number of aryl methyl sites for hydroxylation is 1. The van der Waals surface area contributed by atoms with Crippen LogP contribution < -0.4 is 5.32 Å². The topological polar surface area (TPSA) is 68.5 Å². The summed E-state index contributed by atoms with van der Waals surface area (Å²) in [6.45, 7) is 5.62. The second-order valence-corrected chi connectivity index (χ2v) is 6.25. The fourth-order valence-corrected chi connectivity index (χ4v) is 3.14. The van der Waals surface area contributed by atoms with Gasteiger partial charge in [0.15, 0.2) is 0 Å². The average Bonchev–Trinajstić information content (AvgIpc) is 2.93. The quantitative estimate of drug-likeness (QED) is 0.600. The maximum atomic E-state index is 4.55. The number of rotatable bonds is 5. The normalized spacial score (nSPS) is 11.0. The minimum Gasteiger partial charge on any atom is -0.365 e. The van der Waals surface area contributed by atoms with E-state index in [0.717, 1.165) is 28.1 Å². The first kappa shape index (κ1) is 16.2. The van der Waals surface area contributed by atoms with Crippen molar-refractivity contribution >= 4 is 16.9 Å². The molecule has 4 aromatic heterocycles. The molecule has 6 heteroatoms. The monoisotopic (exact) mass is 344 g/mol. The predicted octanol–water partition coefficient (Wildman–Crippen LogP) is 3.50. The minimum absolute atomic E-state index is 0.692. The van der Waals surface area contributed by atoms with Crippen molar-refractivity contribution in [1.29, 1.82) is 0 Å². The zero-order valence-electron chi connectivity index (χ0n) is 14.8. The van der Waals surface area contributed by atoms with E-state index in [1.165, 1.54) is 11.3 Å². The third kappa shape index (κ3) is 3.01. The second-order valence-electron chi connectivity index (χ2n) is 6.25. The Bertz CT molecular complexity index is 1020. The van der Waals surface area contributed by atoms with Gasteiger partial charge in [-0.3, -0.25) is 9.97 Å². The lowest BCUT2D eigenvalue weighted by Crippen LogP contribution is -2.05. The van der Waals surface area contributed by atoms with E-state index in [1.807, 2.05) is 36.5 Å². The third-order valence-corrected chi connectivity index (χ3v) is 4.66. The van der Waals surface area contributed by atoms with Crippen LogP contribution in [0.15, 0.2) is 55.2 Å². The van der Waals surface area contributed by atoms with Crippen LogP contribution in [0.1, 0.15) is 22.5 Å². The highest BCUT2D eigenvalue weighted by Crippen LogP contribution is 2.29. The molecule has 0 amide bonds. The molecule has 0 saturated carbocycles. The Balaban J connectivity index is 1.71. The fourth-order valence-electron chi connectivity index (χ4n) is 3.14. The smallest absolute Gasteiger partial charge is 0.146 e. The highest BCUT2D eigenvalue weighted by atomic mass is 15.1. The second kappa shape index (κ2) is 6.92. The van der Waals surface area contributed by atoms with E-state index < -0.39 is 0 Å². The summed E-state index contributed by atoms with van der Waals surface area (Å²) >= 11 is 0. The molecule has 4 rings (SSSR count). The number of aromatic nitrogens is 5. The maximum Gasteiger partial charge on any atom is 0.146 e. The molecule has 1 N–H and O–H groups in total. The third-order valence-electron chi connectivity index (χ3n) is 4.66. The van der Waals surface area contributed by atoms with E-state index in [2.05, 4.69) is 43.7 Å². The van der Waals surface area contributed by atoms with Crippen LogP contribution in [0.2, 0.25) is 0 Å². The van der Waals surface area contributed by atoms with Crippen LogP contribution in [0.3, 0.4) is 0 Å². The minimum atomic E-state index is 0.692. The molecule has 0 saturated heterocycles. The van der Waals surface area contributed by atoms with Gasteiger partial charge in [0, 0.05) is 30.8 Å². The van der Waals surface area contributed by atoms with Crippen molar-refractivity contribution in [3.8, 4) is 0 Å². The lowest BCUT2D eigenvalue weighted by Gasteiger charge is -2.08. The Hall–Kier alpha value is -3.28. The van der Waals surface area contributed by atoms with Crippen molar-refractivity contribution in [3.05, 3.63) is 77.8 Å². The SMILES string of the molecule is Cc1c(C)n(Cc2ccccn2)c2ncnc(NCc3ccncc3)c12. The Morgan fingerprint density at radius 2 is 1.81 bits per heavy atom. The zero-order valence-corrected chi connectivity index (χ0v) is 14.8. The molecular formula is C20H20N6. The molecule has 0 spiro atoms. The van der Waals surface area contributed by atoms with Gasteiger partial charge in [-0.15, -0.1) is 0 Å². The van der Waals surface area contributed by atoms with Gasteiger partial charge in [-0.25, -0.2) is 9.97 Å². The van der Waals surface area contributed by atoms with E-state index in [9.17, 15) is 0 Å². The van der Waals surface area contributed by atoms with Gasteiger partial charge in [0.05, 0.1) is 17.6 Å². The highest BCUT2D eigenvalue weighted by Gasteiger charge is 2.16. The Kier molecular flexibility index (Phi) is 4.31. The number of fused-ring (bicyclic) bond motifs is 1. The standard InChI is InChI=1S/C20H20N6/c1-14-15(2)26(12-17-5-3-4-8-22-17)20-18(14)19(24-13-25-20)23-11-16-6-9-21-10-7-16/h3-10,13H,11-12H2,1-2H3,(H,23,24,25). The van der Waals surface area contributed by atoms with Gasteiger partial charge in [0.2, 0.25) is 0 Å². The van der Waals surface area contributed by atoms with E-state index in [4.69, 9.17) is 0 Å². The van der Waals surface area contributed by atoms with E-state index in [-0.39, 0.29) is 0 Å². The number of hydrogen-bond acceptors (Lipinski definition) is 5. The maximum absolute atomic E-state index is 4.55. The summed E-state index contributed by atoms with van der Waals surface area (Å²) in [5, 5.41) is 4.51. The van der Waals surface area contributed by atoms with Crippen molar-refractivity contribution in [2.45, 2.75) is 26.9 Å². The van der Waals surface area contributed by atoms with Crippen LogP contribution in [0.5, 0.6) is 0 Å². The van der Waals surface area contributed by atoms with Crippen molar-refractivity contribution < 1.29 is 0 Å². The molecule has 6 nitrogen and oxygen atoms in total. The number of hydrogen-bond donors (Lipinski definition) is 1. The molecule has 0 atom stereocenters. The van der Waals surface area contributed by atoms with Crippen molar-refractivity contribution in [2.24, 2.45) is 0 Å². The van der Waals surface area contributed by atoms with Crippen LogP contribution in [0, 0.1) is 13.8 Å². The molecule has 4 heterocycles. The van der Waals surface area contributed by atoms with Gasteiger partial charge >= 0.3 is 0 Å². The van der Waals surface area contributed by atoms with Gasteiger partial charge < -0.3 is 9.88 Å². The Morgan fingerprint density at radius 3 is 2.58 bits per heavy atom. The van der Waals surface area contributed by atoms with Crippen LogP contribution in [0.25, 0.3) is 11.0 Å². The fraction of sp³-hybridized carbons (Fsp3) is 0.200. The first-order chi connectivity index (χ1) is 12.7. The molecule has 4 aromatic rings. The van der Waals surface area contributed by atoms with Crippen LogP contribution in [-0.2, 0) is 13.1 Å². The van der Waals surface area contributed by atoms with E-state index in [0.29, 0.717) is 13.1 Å². The van der Waals surface area contributed by atoms with Gasteiger partial charge in [-0.2, -0.15) is 0 Å². The lowest BCUT2D eigenvalue weighted by atomic mass is 10.2. The molecule has 0 bridgehead atoms. The number of nitrogens with one attached hydrogen (secondary N) is 1. The van der Waals surface area contributed by atoms with E-state index in [1.54, 1.807) is 18.7 Å². The Morgan fingerprint density at radius 1 is 0.962 bits per heavy atom. The molecule has 130 valence electrons. The summed E-state index contributed by atoms with van der Waals surface area (Å²) in [5.74, 6) is 0.854. The van der Waals surface area contributed by atoms with Gasteiger partial charge in [0.1, 0.15) is 17.8 Å². The Labute approximate surface area is 152 Å². The van der Waals surface area contributed by atoms with Gasteiger partial charge in [0.25, 0.3) is 0 Å². The summed E-state index contributed by atoms with van der Waals surface area (Å²) < 4.78 is 2.20. The number of pyridine rings is 2. The highest BCUT2D eigenvalue weighted by molar-refractivity contribution is 5.91. The zero-order chi connectivity index (χ0) is 17.9. The molecule has 0 aliphatic rings. The summed E-state index contributed by atoms with van der Waals surface area (Å²) in [5.41, 5.74) is 5.47. The first-order valence-electron chi connectivity index (χ1n) is 8.57. The summed E-state index contributed by atoms with van der Waals surface area (Å²) in [6, 6.07) is 9.96. The van der Waals surface area contributed by atoms with E-state index >= 15 is 0 Å². The molecule has 0 unspecified atom stereocenters. The number of anilines is 1. The lowest BCUT2D eigenvalue weighted by molar-refractivity contribution is 0.767. The van der Waals surface area contributed by atoms with Gasteiger partial charge in [-0.05, 0) is 49.2 Å². The van der Waals surface area contributed by atoms with Crippen LogP contribution >= 0.6 is 0 Å². The molecule has 0 fully saturated rings. The van der Waals surface area contributed by atoms with Gasteiger partial charge in [-0.1, -0.05) is 6.07 Å². The molecule has 0 radical (unpaired) electrons. The first-order valence-corrected chi connectivity index (χ1v) is 8.57. The largest absolute Gasteiger partial charge is 0.365 e. The van der Waals surface area contributed by atoms with Crippen LogP contribution in [0.4, 0.5) is 5.82 Å². The summed E-state index contributed by atoms with van der Waals surface area (Å²) in [6.07, 6.45) is 7.03. The molecule has 0 aromatic carbocycles. The van der Waals surface area contributed by atoms with Crippen LogP contribution in [-0.4, -0.2) is 24.5 Å². The predicted molar refractivity (Wildman–Crippen MR) is 102 cm³/mol. The summed E-state index contributed by atoms with van der Waals surface area (Å²) in [7, 11) is 0. The molecule has 0 aliphatic carbocycles.